The highest BCUT2D eigenvalue weighted by Crippen LogP contribution is 2.44. The van der Waals surface area contributed by atoms with Crippen LogP contribution in [0, 0.1) is 5.92 Å². The summed E-state index contributed by atoms with van der Waals surface area (Å²) in [7, 11) is 0. The number of benzene rings is 2. The lowest BCUT2D eigenvalue weighted by Crippen LogP contribution is -2.59. The van der Waals surface area contributed by atoms with E-state index in [-0.39, 0.29) is 0 Å². The molecule has 0 bridgehead atoms. The van der Waals surface area contributed by atoms with Crippen LogP contribution in [0.1, 0.15) is 42.7 Å². The quantitative estimate of drug-likeness (QED) is 0.784. The molecule has 3 fully saturated rings. The summed E-state index contributed by atoms with van der Waals surface area (Å²) in [5.41, 5.74) is 2.94. The summed E-state index contributed by atoms with van der Waals surface area (Å²) in [5.74, 6) is 1.26. The van der Waals surface area contributed by atoms with Crippen molar-refractivity contribution in [2.24, 2.45) is 5.92 Å². The van der Waals surface area contributed by atoms with Crippen molar-refractivity contribution in [2.75, 3.05) is 13.1 Å². The lowest BCUT2D eigenvalue weighted by atomic mass is 9.77. The Morgan fingerprint density at radius 3 is 1.58 bits per heavy atom. The fraction of sp³-hybridized carbons (Fsp3) is 0.455. The highest BCUT2D eigenvalue weighted by Gasteiger charge is 2.47. The molecule has 0 unspecified atom stereocenters. The Hall–Kier alpha value is -1.64. The number of rotatable bonds is 6. The first-order valence-corrected chi connectivity index (χ1v) is 9.53. The summed E-state index contributed by atoms with van der Waals surface area (Å²) in [6.45, 7) is 2.45. The zero-order valence-electron chi connectivity index (χ0n) is 14.2. The molecule has 2 aliphatic carbocycles. The van der Waals surface area contributed by atoms with Gasteiger partial charge in [-0.2, -0.15) is 0 Å². The molecule has 0 N–H and O–H groups in total. The molecule has 0 radical (unpaired) electrons. The van der Waals surface area contributed by atoms with Gasteiger partial charge in [-0.1, -0.05) is 60.7 Å². The Balaban J connectivity index is 1.36. The van der Waals surface area contributed by atoms with E-state index in [9.17, 15) is 0 Å². The van der Waals surface area contributed by atoms with E-state index in [0.717, 1.165) is 18.0 Å². The molecular weight excluding hydrogens is 292 g/mol. The Morgan fingerprint density at radius 2 is 1.17 bits per heavy atom. The zero-order chi connectivity index (χ0) is 15.9. The van der Waals surface area contributed by atoms with Crippen LogP contribution in [0.25, 0.3) is 0 Å². The standard InChI is InChI=1S/C22H26N2/c1-3-7-17(8-4-1)22(18-9-5-2-6-10-18)19-15-23(16-19)24(20-11-12-20)21-13-14-21/h1-10,19-22H,11-16H2. The number of hydrazine groups is 1. The van der Waals surface area contributed by atoms with Gasteiger partial charge in [-0.25, -0.2) is 10.0 Å². The summed E-state index contributed by atoms with van der Waals surface area (Å²) < 4.78 is 0. The molecule has 1 aliphatic heterocycles. The lowest BCUT2D eigenvalue weighted by Gasteiger charge is -2.49. The lowest BCUT2D eigenvalue weighted by molar-refractivity contribution is -0.121. The molecule has 0 amide bonds. The first-order valence-electron chi connectivity index (χ1n) is 9.53. The van der Waals surface area contributed by atoms with Crippen molar-refractivity contribution in [3.05, 3.63) is 71.8 Å². The summed E-state index contributed by atoms with van der Waals surface area (Å²) in [6, 6.07) is 23.9. The van der Waals surface area contributed by atoms with Gasteiger partial charge in [0.2, 0.25) is 0 Å². The van der Waals surface area contributed by atoms with Crippen LogP contribution in [0.15, 0.2) is 60.7 Å². The van der Waals surface area contributed by atoms with Crippen LogP contribution in [0.4, 0.5) is 0 Å². The van der Waals surface area contributed by atoms with Gasteiger partial charge in [0.15, 0.2) is 0 Å². The molecule has 1 heterocycles. The molecule has 24 heavy (non-hydrogen) atoms. The van der Waals surface area contributed by atoms with Gasteiger partial charge < -0.3 is 0 Å². The molecule has 0 aromatic heterocycles. The third-order valence-corrected chi connectivity index (χ3v) is 5.85. The van der Waals surface area contributed by atoms with Crippen LogP contribution >= 0.6 is 0 Å². The maximum atomic E-state index is 2.75. The average molecular weight is 318 g/mol. The van der Waals surface area contributed by atoms with E-state index < -0.39 is 0 Å². The Kier molecular flexibility index (Phi) is 3.68. The van der Waals surface area contributed by atoms with Crippen LogP contribution in [0.5, 0.6) is 0 Å². The highest BCUT2D eigenvalue weighted by atomic mass is 15.7. The van der Waals surface area contributed by atoms with Crippen molar-refractivity contribution in [1.82, 2.24) is 10.0 Å². The van der Waals surface area contributed by atoms with Gasteiger partial charge in [0.1, 0.15) is 0 Å². The predicted molar refractivity (Wildman–Crippen MR) is 97.7 cm³/mol. The minimum atomic E-state index is 0.531. The Morgan fingerprint density at radius 1 is 0.708 bits per heavy atom. The van der Waals surface area contributed by atoms with E-state index in [1.165, 1.54) is 49.9 Å². The van der Waals surface area contributed by atoms with Crippen molar-refractivity contribution >= 4 is 0 Å². The van der Waals surface area contributed by atoms with Crippen molar-refractivity contribution in [3.8, 4) is 0 Å². The molecule has 5 rings (SSSR count). The first kappa shape index (κ1) is 14.7. The van der Waals surface area contributed by atoms with Crippen molar-refractivity contribution in [3.63, 3.8) is 0 Å². The van der Waals surface area contributed by atoms with Gasteiger partial charge in [-0.05, 0) is 42.7 Å². The van der Waals surface area contributed by atoms with Gasteiger partial charge in [0.05, 0.1) is 0 Å². The second-order valence-corrected chi connectivity index (χ2v) is 7.77. The van der Waals surface area contributed by atoms with Gasteiger partial charge in [-0.3, -0.25) is 0 Å². The van der Waals surface area contributed by atoms with E-state index in [1.807, 2.05) is 0 Å². The normalized spacial score (nSPS) is 22.1. The minimum Gasteiger partial charge on any atom is -0.241 e. The predicted octanol–water partition coefficient (Wildman–Crippen LogP) is 4.29. The molecule has 2 aromatic carbocycles. The maximum Gasteiger partial charge on any atom is 0.0250 e. The number of hydrogen-bond acceptors (Lipinski definition) is 2. The Labute approximate surface area is 145 Å². The van der Waals surface area contributed by atoms with Crippen LogP contribution < -0.4 is 0 Å². The smallest absolute Gasteiger partial charge is 0.0250 e. The summed E-state index contributed by atoms with van der Waals surface area (Å²) in [4.78, 5) is 0. The fourth-order valence-electron chi connectivity index (χ4n) is 4.38. The molecule has 0 spiro atoms. The van der Waals surface area contributed by atoms with E-state index in [0.29, 0.717) is 5.92 Å². The molecule has 2 aromatic rings. The van der Waals surface area contributed by atoms with Gasteiger partial charge in [0, 0.05) is 31.1 Å². The maximum absolute atomic E-state index is 2.75. The molecule has 2 saturated carbocycles. The molecule has 124 valence electrons. The van der Waals surface area contributed by atoms with Crippen molar-refractivity contribution in [2.45, 2.75) is 43.7 Å². The number of hydrogen-bond donors (Lipinski definition) is 0. The fourth-order valence-corrected chi connectivity index (χ4v) is 4.38. The van der Waals surface area contributed by atoms with Gasteiger partial charge in [-0.15, -0.1) is 0 Å². The third-order valence-electron chi connectivity index (χ3n) is 5.85. The van der Waals surface area contributed by atoms with E-state index in [2.05, 4.69) is 70.7 Å². The summed E-state index contributed by atoms with van der Waals surface area (Å²) in [5, 5.41) is 5.42. The second kappa shape index (κ2) is 6.02. The molecule has 1 saturated heterocycles. The zero-order valence-corrected chi connectivity index (χ0v) is 14.2. The highest BCUT2D eigenvalue weighted by molar-refractivity contribution is 5.34. The average Bonchev–Trinajstić information content (AvgIpc) is 3.48. The largest absolute Gasteiger partial charge is 0.241 e. The topological polar surface area (TPSA) is 6.48 Å². The van der Waals surface area contributed by atoms with E-state index >= 15 is 0 Å². The van der Waals surface area contributed by atoms with Crippen molar-refractivity contribution < 1.29 is 0 Å². The van der Waals surface area contributed by atoms with Crippen LogP contribution in [-0.2, 0) is 0 Å². The van der Waals surface area contributed by atoms with Gasteiger partial charge in [0.25, 0.3) is 0 Å². The van der Waals surface area contributed by atoms with E-state index in [1.54, 1.807) is 0 Å². The molecule has 0 atom stereocenters. The van der Waals surface area contributed by atoms with Crippen LogP contribution in [0.2, 0.25) is 0 Å². The monoisotopic (exact) mass is 318 g/mol. The molecular formula is C22H26N2. The summed E-state index contributed by atoms with van der Waals surface area (Å²) >= 11 is 0. The van der Waals surface area contributed by atoms with Crippen LogP contribution in [0.3, 0.4) is 0 Å². The molecule has 3 aliphatic rings. The van der Waals surface area contributed by atoms with Crippen molar-refractivity contribution in [1.29, 1.82) is 0 Å². The Bertz CT molecular complexity index is 618. The van der Waals surface area contributed by atoms with Crippen LogP contribution in [-0.4, -0.2) is 35.2 Å². The molecule has 2 heteroatoms. The summed E-state index contributed by atoms with van der Waals surface area (Å²) in [6.07, 6.45) is 5.66. The van der Waals surface area contributed by atoms with E-state index in [4.69, 9.17) is 0 Å². The SMILES string of the molecule is c1ccc(C(c2ccccc2)C2CN(N(C3CC3)C3CC3)C2)cc1. The third kappa shape index (κ3) is 2.78. The molecule has 2 nitrogen and oxygen atoms in total. The number of nitrogens with zero attached hydrogens (tertiary/aromatic N) is 2. The minimum absolute atomic E-state index is 0.531. The first-order chi connectivity index (χ1) is 11.9. The van der Waals surface area contributed by atoms with Gasteiger partial charge >= 0.3 is 0 Å². The second-order valence-electron chi connectivity index (χ2n) is 7.77.